The fourth-order valence-electron chi connectivity index (χ4n) is 5.67. The van der Waals surface area contributed by atoms with Crippen LogP contribution in [0, 0.1) is 6.92 Å². The quantitative estimate of drug-likeness (QED) is 0.104. The van der Waals surface area contributed by atoms with Crippen LogP contribution in [0.15, 0.2) is 66.9 Å². The fourth-order valence-corrected chi connectivity index (χ4v) is 6.96. The number of nitrogens with zero attached hydrogens (tertiary/aromatic N) is 7. The summed E-state index contributed by atoms with van der Waals surface area (Å²) >= 11 is 4.72. The lowest BCUT2D eigenvalue weighted by molar-refractivity contribution is -0.118. The molecule has 1 aliphatic rings. The molecule has 4 N–H and O–H groups in total. The maximum Gasteiger partial charge on any atom is 0.273 e. The number of halogens is 2. The molecule has 298 valence electrons. The highest BCUT2D eigenvalue weighted by molar-refractivity contribution is 9.10. The molecular weight excluding hydrogens is 852 g/mol. The van der Waals surface area contributed by atoms with Gasteiger partial charge < -0.3 is 47.3 Å². The van der Waals surface area contributed by atoms with E-state index in [2.05, 4.69) is 61.5 Å². The van der Waals surface area contributed by atoms with Crippen molar-refractivity contribution in [1.29, 1.82) is 0 Å². The Balaban J connectivity index is 0.00000496. The predicted octanol–water partition coefficient (Wildman–Crippen LogP) is 7.03. The molecule has 0 aromatic carbocycles. The van der Waals surface area contributed by atoms with Crippen LogP contribution < -0.4 is 16.4 Å². The van der Waals surface area contributed by atoms with E-state index in [0.717, 1.165) is 38.5 Å². The largest absolute Gasteiger partial charge is 0.442 e. The fraction of sp³-hybridized carbons (Fsp3) is 0.343. The van der Waals surface area contributed by atoms with E-state index in [1.165, 1.54) is 43.1 Å². The van der Waals surface area contributed by atoms with Gasteiger partial charge in [-0.25, -0.2) is 34.9 Å². The Bertz CT molecular complexity index is 2460. The summed E-state index contributed by atoms with van der Waals surface area (Å²) in [5.74, 6) is 0.740. The van der Waals surface area contributed by atoms with Crippen molar-refractivity contribution in [1.82, 2.24) is 45.5 Å². The molecule has 0 saturated carbocycles. The van der Waals surface area contributed by atoms with Gasteiger partial charge in [-0.15, -0.1) is 24.2 Å². The van der Waals surface area contributed by atoms with Crippen LogP contribution in [0.3, 0.4) is 0 Å². The number of rotatable bonds is 12. The van der Waals surface area contributed by atoms with Crippen LogP contribution in [0.5, 0.6) is 0 Å². The normalized spacial score (nSPS) is 13.5. The lowest BCUT2D eigenvalue weighted by Gasteiger charge is -2.14. The Kier molecular flexibility index (Phi) is 12.4. The Morgan fingerprint density at radius 2 is 1.25 bits per heavy atom. The van der Waals surface area contributed by atoms with Crippen LogP contribution in [0.1, 0.15) is 66.7 Å². The average molecular weight is 886 g/mol. The third kappa shape index (κ3) is 8.90. The number of oxazole rings is 7. The number of hydrogen-bond acceptors (Lipinski definition) is 18. The summed E-state index contributed by atoms with van der Waals surface area (Å²) in [5.41, 5.74) is 7.05. The minimum absolute atomic E-state index is 0. The number of nitrogens with one attached hydrogen (secondary N) is 2. The molecule has 1 atom stereocenters. The maximum absolute atomic E-state index is 13.6. The number of amides is 2. The van der Waals surface area contributed by atoms with Gasteiger partial charge in [0.15, 0.2) is 39.9 Å². The summed E-state index contributed by atoms with van der Waals surface area (Å²) in [4.78, 5) is 57.6. The first kappa shape index (κ1) is 39.7. The van der Waals surface area contributed by atoms with E-state index in [0.29, 0.717) is 24.5 Å². The first-order valence-corrected chi connectivity index (χ1v) is 19.6. The highest BCUT2D eigenvalue weighted by Crippen LogP contribution is 2.36. The van der Waals surface area contributed by atoms with E-state index < -0.39 is 11.9 Å². The molecule has 0 unspecified atom stereocenters. The third-order valence-corrected chi connectivity index (χ3v) is 10.1. The van der Waals surface area contributed by atoms with Crippen molar-refractivity contribution in [2.75, 3.05) is 24.6 Å². The van der Waals surface area contributed by atoms with Gasteiger partial charge in [0.2, 0.25) is 45.9 Å². The maximum atomic E-state index is 13.6. The van der Waals surface area contributed by atoms with Gasteiger partial charge in [-0.1, -0.05) is 25.7 Å². The zero-order valence-corrected chi connectivity index (χ0v) is 33.3. The van der Waals surface area contributed by atoms with Gasteiger partial charge in [-0.3, -0.25) is 9.59 Å². The van der Waals surface area contributed by atoms with Crippen molar-refractivity contribution in [3.05, 3.63) is 53.3 Å². The Morgan fingerprint density at radius 3 is 1.86 bits per heavy atom. The first-order valence-electron chi connectivity index (χ1n) is 17.6. The van der Waals surface area contributed by atoms with Gasteiger partial charge in [0.05, 0.1) is 5.75 Å². The summed E-state index contributed by atoms with van der Waals surface area (Å²) in [7, 11) is 0. The van der Waals surface area contributed by atoms with Gasteiger partial charge in [0.25, 0.3) is 11.8 Å². The van der Waals surface area contributed by atoms with E-state index >= 15 is 0 Å². The minimum atomic E-state index is -0.833. The monoisotopic (exact) mass is 884 g/mol. The average Bonchev–Trinajstić information content (AvgIpc) is 4.02. The third-order valence-electron chi connectivity index (χ3n) is 8.51. The molecule has 22 heteroatoms. The molecule has 0 fully saturated rings. The summed E-state index contributed by atoms with van der Waals surface area (Å²) in [5, 5.41) is 5.86. The molecule has 8 rings (SSSR count). The van der Waals surface area contributed by atoms with Crippen molar-refractivity contribution < 1.29 is 40.5 Å². The number of carbonyl (C=O) groups excluding carboxylic acids is 2. The van der Waals surface area contributed by atoms with Crippen LogP contribution in [0.4, 0.5) is 0 Å². The molecule has 0 saturated heterocycles. The van der Waals surface area contributed by atoms with E-state index in [1.807, 2.05) is 0 Å². The molecule has 57 heavy (non-hydrogen) atoms. The van der Waals surface area contributed by atoms with Crippen LogP contribution in [0.2, 0.25) is 0 Å². The van der Waals surface area contributed by atoms with Crippen LogP contribution >= 0.6 is 40.1 Å². The molecule has 0 aliphatic carbocycles. The van der Waals surface area contributed by atoms with E-state index in [1.54, 1.807) is 6.92 Å². The lowest BCUT2D eigenvalue weighted by Crippen LogP contribution is -2.31. The molecule has 14 bridgehead atoms. The second kappa shape index (κ2) is 17.7. The molecular formula is C35H34BrClN10O9S. The smallest absolute Gasteiger partial charge is 0.273 e. The van der Waals surface area contributed by atoms with E-state index in [9.17, 15) is 9.59 Å². The van der Waals surface area contributed by atoms with Gasteiger partial charge in [-0.05, 0) is 42.2 Å². The molecule has 19 nitrogen and oxygen atoms in total. The molecule has 8 heterocycles. The predicted molar refractivity (Wildman–Crippen MR) is 206 cm³/mol. The number of hydrogen-bond donors (Lipinski definition) is 3. The van der Waals surface area contributed by atoms with Gasteiger partial charge in [0.1, 0.15) is 43.1 Å². The molecule has 2 amide bonds. The molecule has 0 spiro atoms. The number of aromatic nitrogens is 7. The highest BCUT2D eigenvalue weighted by Gasteiger charge is 2.29. The SMILES string of the molecule is Cc1oc2nc1-c1nc(co1)-c1nc(co1)-c1nc(co1)-c1nc(co1)-c1nc(co1)C(=O)N[C@@H](CSCC(=O)NCCCCCCCCN)c1nc-2c(Br)o1.Cl. The minimum Gasteiger partial charge on any atom is -0.442 e. The summed E-state index contributed by atoms with van der Waals surface area (Å²) < 4.78 is 40.4. The van der Waals surface area contributed by atoms with Crippen LogP contribution in [0.25, 0.3) is 69.5 Å². The molecule has 7 aromatic rings. The standard InChI is InChI=1S/C35H33BrN10O9S.ClH/c1-17-25-34-44-22(14-53-34)32-43-21(13-52-32)31-42-20(12-51-31)30-41-19(11-50-30)29-40-18(10-49-29)28(48)39-23(33-46-26(27(36)55-33)35(45-25)54-17)15-56-16-24(47)38-9-7-5-3-2-4-6-8-37;/h10-14,23H,2-9,15-16,37H2,1H3,(H,38,47)(H,39,48);1H/t23-;/m0./s1. The second-order valence-electron chi connectivity index (χ2n) is 12.6. The number of fused-ring (bicyclic) bond motifs is 20. The number of unbranched alkanes of at least 4 members (excludes halogenated alkanes) is 5. The Morgan fingerprint density at radius 1 is 0.719 bits per heavy atom. The highest BCUT2D eigenvalue weighted by atomic mass is 79.9. The van der Waals surface area contributed by atoms with Crippen molar-refractivity contribution in [3.63, 3.8) is 0 Å². The molecule has 7 aromatic heterocycles. The van der Waals surface area contributed by atoms with Crippen molar-refractivity contribution in [2.45, 2.75) is 51.5 Å². The van der Waals surface area contributed by atoms with Gasteiger partial charge in [0, 0.05) is 12.3 Å². The zero-order chi connectivity index (χ0) is 38.6. The lowest BCUT2D eigenvalue weighted by atomic mass is 10.1. The zero-order valence-electron chi connectivity index (χ0n) is 30.1. The summed E-state index contributed by atoms with van der Waals surface area (Å²) in [6.45, 7) is 2.99. The Labute approximate surface area is 341 Å². The van der Waals surface area contributed by atoms with Crippen LogP contribution in [-0.2, 0) is 4.79 Å². The number of nitrogens with two attached hydrogens (primary N) is 1. The number of carbonyl (C=O) groups is 2. The van der Waals surface area contributed by atoms with Gasteiger partial charge >= 0.3 is 0 Å². The van der Waals surface area contributed by atoms with E-state index in [4.69, 9.17) is 36.7 Å². The first-order chi connectivity index (χ1) is 27.3. The second-order valence-corrected chi connectivity index (χ2v) is 14.3. The van der Waals surface area contributed by atoms with Crippen molar-refractivity contribution >= 4 is 51.9 Å². The summed E-state index contributed by atoms with van der Waals surface area (Å²) in [6.07, 6.45) is 12.9. The topological polar surface area (TPSA) is 266 Å². The van der Waals surface area contributed by atoms with Gasteiger partial charge in [-0.2, -0.15) is 0 Å². The van der Waals surface area contributed by atoms with Crippen molar-refractivity contribution in [2.24, 2.45) is 5.73 Å². The van der Waals surface area contributed by atoms with E-state index in [-0.39, 0.29) is 110 Å². The number of thioether (sulfide) groups is 1. The summed E-state index contributed by atoms with van der Waals surface area (Å²) in [6, 6.07) is -0.833. The molecule has 0 radical (unpaired) electrons. The number of aryl methyl sites for hydroxylation is 1. The van der Waals surface area contributed by atoms with Crippen LogP contribution in [-0.4, -0.2) is 71.3 Å². The molecule has 1 aliphatic heterocycles. The Hall–Kier alpha value is -5.51. The van der Waals surface area contributed by atoms with Crippen molar-refractivity contribution in [3.8, 4) is 69.5 Å².